The van der Waals surface area contributed by atoms with E-state index in [4.69, 9.17) is 9.97 Å². The molecule has 1 saturated carbocycles. The third-order valence-electron chi connectivity index (χ3n) is 4.69. The van der Waals surface area contributed by atoms with E-state index in [1.165, 1.54) is 38.5 Å². The third-order valence-corrected chi connectivity index (χ3v) is 4.69. The van der Waals surface area contributed by atoms with Crippen LogP contribution in [0.15, 0.2) is 36.4 Å². The Balaban J connectivity index is 1.89. The number of hydrogen-bond acceptors (Lipinski definition) is 4. The zero-order valence-corrected chi connectivity index (χ0v) is 14.8. The smallest absolute Gasteiger partial charge is 0.163 e. The fourth-order valence-electron chi connectivity index (χ4n) is 3.21. The lowest BCUT2D eigenvalue weighted by Gasteiger charge is -2.21. The average Bonchev–Trinajstić information content (AvgIpc) is 3.13. The topological polar surface area (TPSA) is 41.0 Å². The van der Waals surface area contributed by atoms with Gasteiger partial charge in [0.15, 0.2) is 5.82 Å². The van der Waals surface area contributed by atoms with Gasteiger partial charge in [-0.1, -0.05) is 56.5 Å². The largest absolute Gasteiger partial charge is 0.367 e. The van der Waals surface area contributed by atoms with Crippen LogP contribution in [-0.2, 0) is 0 Å². The molecule has 0 spiro atoms. The summed E-state index contributed by atoms with van der Waals surface area (Å²) >= 11 is 0. The number of rotatable bonds is 7. The molecule has 1 aliphatic rings. The van der Waals surface area contributed by atoms with Gasteiger partial charge in [-0.25, -0.2) is 9.97 Å². The number of nitrogens with one attached hydrogen (secondary N) is 1. The van der Waals surface area contributed by atoms with E-state index < -0.39 is 0 Å². The maximum absolute atomic E-state index is 4.81. The van der Waals surface area contributed by atoms with Crippen molar-refractivity contribution in [2.75, 3.05) is 23.8 Å². The molecule has 2 aromatic rings. The zero-order chi connectivity index (χ0) is 16.8. The van der Waals surface area contributed by atoms with E-state index >= 15 is 0 Å². The Bertz CT molecular complexity index is 635. The molecule has 1 aliphatic carbocycles. The van der Waals surface area contributed by atoms with Crippen molar-refractivity contribution in [2.24, 2.45) is 0 Å². The van der Waals surface area contributed by atoms with Crippen LogP contribution in [-0.4, -0.2) is 29.6 Å². The van der Waals surface area contributed by atoms with E-state index in [9.17, 15) is 0 Å². The summed E-state index contributed by atoms with van der Waals surface area (Å²) < 4.78 is 0. The lowest BCUT2D eigenvalue weighted by molar-refractivity contribution is 0.745. The van der Waals surface area contributed by atoms with Crippen LogP contribution in [0.3, 0.4) is 0 Å². The molecule has 3 rings (SSSR count). The standard InChI is InChI=1S/C20H28N4/c1-3-4-14-24(2)19-15-18(21-17-12-8-9-13-17)22-20(23-19)16-10-6-5-7-11-16/h5-7,10-11,15,17H,3-4,8-9,12-14H2,1-2H3,(H,21,22,23). The maximum Gasteiger partial charge on any atom is 0.163 e. The van der Waals surface area contributed by atoms with Crippen molar-refractivity contribution in [1.82, 2.24) is 9.97 Å². The number of unbranched alkanes of at least 4 members (excludes halogenated alkanes) is 1. The molecule has 4 heteroatoms. The van der Waals surface area contributed by atoms with Crippen molar-refractivity contribution in [1.29, 1.82) is 0 Å². The fourth-order valence-corrected chi connectivity index (χ4v) is 3.21. The van der Waals surface area contributed by atoms with Crippen LogP contribution >= 0.6 is 0 Å². The Labute approximate surface area is 145 Å². The summed E-state index contributed by atoms with van der Waals surface area (Å²) in [7, 11) is 2.12. The molecule has 1 N–H and O–H groups in total. The second-order valence-corrected chi connectivity index (χ2v) is 6.70. The fraction of sp³-hybridized carbons (Fsp3) is 0.500. The van der Waals surface area contributed by atoms with Crippen molar-refractivity contribution in [3.05, 3.63) is 36.4 Å². The molecule has 0 saturated heterocycles. The van der Waals surface area contributed by atoms with Gasteiger partial charge in [0.1, 0.15) is 11.6 Å². The summed E-state index contributed by atoms with van der Waals surface area (Å²) in [6.07, 6.45) is 7.48. The molecule has 0 amide bonds. The van der Waals surface area contributed by atoms with Crippen LogP contribution in [0.1, 0.15) is 45.4 Å². The summed E-state index contributed by atoms with van der Waals surface area (Å²) in [6.45, 7) is 3.24. The van der Waals surface area contributed by atoms with Gasteiger partial charge in [0.25, 0.3) is 0 Å². The second kappa shape index (κ2) is 8.13. The van der Waals surface area contributed by atoms with Gasteiger partial charge in [-0.15, -0.1) is 0 Å². The van der Waals surface area contributed by atoms with Crippen LogP contribution in [0.25, 0.3) is 11.4 Å². The third kappa shape index (κ3) is 4.25. The minimum absolute atomic E-state index is 0.553. The van der Waals surface area contributed by atoms with Gasteiger partial charge in [-0.3, -0.25) is 0 Å². The van der Waals surface area contributed by atoms with Gasteiger partial charge in [0.2, 0.25) is 0 Å². The molecule has 0 atom stereocenters. The molecular weight excluding hydrogens is 296 g/mol. The highest BCUT2D eigenvalue weighted by Crippen LogP contribution is 2.26. The van der Waals surface area contributed by atoms with E-state index in [2.05, 4.69) is 42.4 Å². The van der Waals surface area contributed by atoms with Crippen molar-refractivity contribution < 1.29 is 0 Å². The molecule has 0 unspecified atom stereocenters. The molecular formula is C20H28N4. The first-order valence-corrected chi connectivity index (χ1v) is 9.18. The number of hydrogen-bond donors (Lipinski definition) is 1. The molecule has 1 aromatic heterocycles. The van der Waals surface area contributed by atoms with E-state index in [-0.39, 0.29) is 0 Å². The predicted octanol–water partition coefficient (Wildman–Crippen LogP) is 4.73. The average molecular weight is 324 g/mol. The van der Waals surface area contributed by atoms with Crippen molar-refractivity contribution in [2.45, 2.75) is 51.5 Å². The molecule has 24 heavy (non-hydrogen) atoms. The number of benzene rings is 1. The first-order chi connectivity index (χ1) is 11.8. The molecule has 0 aliphatic heterocycles. The van der Waals surface area contributed by atoms with E-state index in [0.29, 0.717) is 6.04 Å². The number of anilines is 2. The van der Waals surface area contributed by atoms with Crippen molar-refractivity contribution in [3.8, 4) is 11.4 Å². The minimum Gasteiger partial charge on any atom is -0.367 e. The molecule has 0 radical (unpaired) electrons. The van der Waals surface area contributed by atoms with E-state index in [1.54, 1.807) is 0 Å². The summed E-state index contributed by atoms with van der Waals surface area (Å²) in [5.41, 5.74) is 1.07. The lowest BCUT2D eigenvalue weighted by atomic mass is 10.2. The zero-order valence-electron chi connectivity index (χ0n) is 14.8. The molecule has 128 valence electrons. The molecule has 1 fully saturated rings. The second-order valence-electron chi connectivity index (χ2n) is 6.70. The summed E-state index contributed by atoms with van der Waals surface area (Å²) in [4.78, 5) is 11.8. The van der Waals surface area contributed by atoms with Gasteiger partial charge in [0.05, 0.1) is 0 Å². The normalized spacial score (nSPS) is 14.8. The SMILES string of the molecule is CCCCN(C)c1cc(NC2CCCC2)nc(-c2ccccc2)n1. The Kier molecular flexibility index (Phi) is 5.68. The highest BCUT2D eigenvalue weighted by molar-refractivity contribution is 5.61. The van der Waals surface area contributed by atoms with Crippen molar-refractivity contribution in [3.63, 3.8) is 0 Å². The summed E-state index contributed by atoms with van der Waals surface area (Å²) in [5, 5.41) is 3.62. The predicted molar refractivity (Wildman–Crippen MR) is 102 cm³/mol. The summed E-state index contributed by atoms with van der Waals surface area (Å²) in [6, 6.07) is 12.9. The minimum atomic E-state index is 0.553. The Hall–Kier alpha value is -2.10. The van der Waals surface area contributed by atoms with Gasteiger partial charge < -0.3 is 10.2 Å². The lowest BCUT2D eigenvalue weighted by Crippen LogP contribution is -2.21. The highest BCUT2D eigenvalue weighted by atomic mass is 15.2. The molecule has 1 heterocycles. The quantitative estimate of drug-likeness (QED) is 0.799. The Morgan fingerprint density at radius 1 is 1.12 bits per heavy atom. The molecule has 1 aromatic carbocycles. The van der Waals surface area contributed by atoms with Gasteiger partial charge in [-0.05, 0) is 19.3 Å². The Morgan fingerprint density at radius 3 is 2.58 bits per heavy atom. The summed E-state index contributed by atoms with van der Waals surface area (Å²) in [5.74, 6) is 2.75. The number of nitrogens with zero attached hydrogens (tertiary/aromatic N) is 3. The number of aromatic nitrogens is 2. The first-order valence-electron chi connectivity index (χ1n) is 9.18. The molecule has 4 nitrogen and oxygen atoms in total. The van der Waals surface area contributed by atoms with Crippen LogP contribution in [0, 0.1) is 0 Å². The first kappa shape index (κ1) is 16.7. The maximum atomic E-state index is 4.81. The van der Waals surface area contributed by atoms with Gasteiger partial charge in [0, 0.05) is 31.3 Å². The highest BCUT2D eigenvalue weighted by Gasteiger charge is 2.17. The van der Waals surface area contributed by atoms with Crippen LogP contribution in [0.4, 0.5) is 11.6 Å². The Morgan fingerprint density at radius 2 is 1.88 bits per heavy atom. The van der Waals surface area contributed by atoms with E-state index in [1.807, 2.05) is 18.2 Å². The van der Waals surface area contributed by atoms with Crippen LogP contribution in [0.5, 0.6) is 0 Å². The molecule has 0 bridgehead atoms. The van der Waals surface area contributed by atoms with Crippen LogP contribution < -0.4 is 10.2 Å². The van der Waals surface area contributed by atoms with Gasteiger partial charge >= 0.3 is 0 Å². The monoisotopic (exact) mass is 324 g/mol. The van der Waals surface area contributed by atoms with Crippen molar-refractivity contribution >= 4 is 11.6 Å². The van der Waals surface area contributed by atoms with E-state index in [0.717, 1.165) is 29.6 Å². The van der Waals surface area contributed by atoms with Gasteiger partial charge in [-0.2, -0.15) is 0 Å². The van der Waals surface area contributed by atoms with Crippen LogP contribution in [0.2, 0.25) is 0 Å².